The molecule has 0 spiro atoms. The molecule has 0 saturated carbocycles. The van der Waals surface area contributed by atoms with Gasteiger partial charge in [0.15, 0.2) is 0 Å². The molecule has 17 heavy (non-hydrogen) atoms. The summed E-state index contributed by atoms with van der Waals surface area (Å²) in [5.41, 5.74) is 1.39. The third kappa shape index (κ3) is 3.47. The summed E-state index contributed by atoms with van der Waals surface area (Å²) < 4.78 is 4.90. The normalized spacial score (nSPS) is 10.2. The fraction of sp³-hybridized carbons (Fsp3) is 0.214. The number of methoxy groups -OCH3 is 1. The fourth-order valence-corrected chi connectivity index (χ4v) is 1.41. The number of rotatable bonds is 4. The molecule has 0 aliphatic heterocycles. The second-order valence-corrected chi connectivity index (χ2v) is 3.39. The van der Waals surface area contributed by atoms with Gasteiger partial charge in [-0.05, 0) is 18.2 Å². The van der Waals surface area contributed by atoms with Crippen molar-refractivity contribution in [2.45, 2.75) is 6.92 Å². The highest BCUT2D eigenvalue weighted by Gasteiger charge is 2.10. The third-order valence-corrected chi connectivity index (χ3v) is 2.18. The van der Waals surface area contributed by atoms with Gasteiger partial charge in [-0.25, -0.2) is 0 Å². The van der Waals surface area contributed by atoms with E-state index in [0.29, 0.717) is 17.9 Å². The predicted molar refractivity (Wildman–Crippen MR) is 68.6 cm³/mol. The van der Waals surface area contributed by atoms with Crippen LogP contribution in [0.25, 0.3) is 0 Å². The quantitative estimate of drug-likeness (QED) is 0.741. The number of ether oxygens (including phenoxy) is 1. The first-order valence-electron chi connectivity index (χ1n) is 5.21. The Morgan fingerprint density at radius 2 is 2.24 bits per heavy atom. The first kappa shape index (κ1) is 13.0. The SMILES string of the molecule is C#Cc1ccccc1N(/C=C/COC)C(C)=O. The molecule has 0 aliphatic rings. The van der Waals surface area contributed by atoms with Crippen molar-refractivity contribution in [3.05, 3.63) is 42.1 Å². The van der Waals surface area contributed by atoms with Crippen LogP contribution >= 0.6 is 0 Å². The van der Waals surface area contributed by atoms with Crippen molar-refractivity contribution in [3.8, 4) is 12.3 Å². The first-order valence-corrected chi connectivity index (χ1v) is 5.21. The molecular weight excluding hydrogens is 214 g/mol. The lowest BCUT2D eigenvalue weighted by atomic mass is 10.1. The van der Waals surface area contributed by atoms with Crippen LogP contribution in [0.2, 0.25) is 0 Å². The van der Waals surface area contributed by atoms with Crippen LogP contribution in [0.3, 0.4) is 0 Å². The van der Waals surface area contributed by atoms with E-state index in [0.717, 1.165) is 0 Å². The lowest BCUT2D eigenvalue weighted by Crippen LogP contribution is -2.22. The molecule has 1 rings (SSSR count). The molecule has 0 radical (unpaired) electrons. The molecule has 0 saturated heterocycles. The molecule has 3 heteroatoms. The van der Waals surface area contributed by atoms with E-state index in [2.05, 4.69) is 5.92 Å². The zero-order chi connectivity index (χ0) is 12.7. The Labute approximate surface area is 102 Å². The van der Waals surface area contributed by atoms with Gasteiger partial charge < -0.3 is 4.74 Å². The number of terminal acetylenes is 1. The summed E-state index contributed by atoms with van der Waals surface area (Å²) in [5.74, 6) is 2.47. The standard InChI is InChI=1S/C14H15NO2/c1-4-13-8-5-6-9-14(13)15(12(2)16)10-7-11-17-3/h1,5-10H,11H2,2-3H3/b10-7+. The van der Waals surface area contributed by atoms with Gasteiger partial charge in [0.2, 0.25) is 5.91 Å². The number of amides is 1. The molecule has 0 aliphatic carbocycles. The van der Waals surface area contributed by atoms with Crippen molar-refractivity contribution < 1.29 is 9.53 Å². The Morgan fingerprint density at radius 3 is 2.82 bits per heavy atom. The highest BCUT2D eigenvalue weighted by atomic mass is 16.5. The topological polar surface area (TPSA) is 29.5 Å². The average molecular weight is 229 g/mol. The molecule has 0 heterocycles. The van der Waals surface area contributed by atoms with Crippen LogP contribution in [0.15, 0.2) is 36.5 Å². The summed E-state index contributed by atoms with van der Waals surface area (Å²) in [7, 11) is 1.60. The summed E-state index contributed by atoms with van der Waals surface area (Å²) >= 11 is 0. The van der Waals surface area contributed by atoms with Crippen LogP contribution in [0.1, 0.15) is 12.5 Å². The lowest BCUT2D eigenvalue weighted by molar-refractivity contribution is -0.116. The van der Waals surface area contributed by atoms with E-state index in [1.165, 1.54) is 11.8 Å². The number of para-hydroxylation sites is 1. The summed E-state index contributed by atoms with van der Waals surface area (Å²) in [6, 6.07) is 7.30. The Bertz CT molecular complexity index is 458. The number of hydrogen-bond acceptors (Lipinski definition) is 2. The first-order chi connectivity index (χ1) is 8.20. The molecule has 3 nitrogen and oxygen atoms in total. The van der Waals surface area contributed by atoms with Crippen LogP contribution in [0.4, 0.5) is 5.69 Å². The average Bonchev–Trinajstić information content (AvgIpc) is 2.34. The molecule has 1 amide bonds. The van der Waals surface area contributed by atoms with Gasteiger partial charge in [0.05, 0.1) is 12.3 Å². The number of anilines is 1. The zero-order valence-electron chi connectivity index (χ0n) is 10.0. The lowest BCUT2D eigenvalue weighted by Gasteiger charge is -2.18. The molecule has 1 aromatic carbocycles. The van der Waals surface area contributed by atoms with Crippen molar-refractivity contribution in [3.63, 3.8) is 0 Å². The number of carbonyl (C=O) groups is 1. The van der Waals surface area contributed by atoms with Gasteiger partial charge >= 0.3 is 0 Å². The Hall–Kier alpha value is -2.05. The van der Waals surface area contributed by atoms with Crippen molar-refractivity contribution in [2.75, 3.05) is 18.6 Å². The van der Waals surface area contributed by atoms with Crippen LogP contribution in [0.5, 0.6) is 0 Å². The Morgan fingerprint density at radius 1 is 1.53 bits per heavy atom. The maximum Gasteiger partial charge on any atom is 0.227 e. The Balaban J connectivity index is 3.06. The van der Waals surface area contributed by atoms with Gasteiger partial charge in [-0.3, -0.25) is 9.69 Å². The predicted octanol–water partition coefficient (Wildman–Crippen LogP) is 2.18. The molecule has 0 bridgehead atoms. The molecule has 88 valence electrons. The van der Waals surface area contributed by atoms with Crippen LogP contribution in [-0.2, 0) is 9.53 Å². The summed E-state index contributed by atoms with van der Waals surface area (Å²) in [6.45, 7) is 1.94. The van der Waals surface area contributed by atoms with Crippen LogP contribution in [0, 0.1) is 12.3 Å². The fourth-order valence-electron chi connectivity index (χ4n) is 1.41. The van der Waals surface area contributed by atoms with E-state index in [9.17, 15) is 4.79 Å². The van der Waals surface area contributed by atoms with Gasteiger partial charge in [-0.2, -0.15) is 0 Å². The van der Waals surface area contributed by atoms with Gasteiger partial charge in [0.25, 0.3) is 0 Å². The van der Waals surface area contributed by atoms with Crippen molar-refractivity contribution in [1.29, 1.82) is 0 Å². The van der Waals surface area contributed by atoms with Crippen molar-refractivity contribution >= 4 is 11.6 Å². The van der Waals surface area contributed by atoms with Gasteiger partial charge in [0, 0.05) is 25.8 Å². The van der Waals surface area contributed by atoms with E-state index >= 15 is 0 Å². The minimum Gasteiger partial charge on any atom is -0.381 e. The van der Waals surface area contributed by atoms with E-state index in [4.69, 9.17) is 11.2 Å². The molecule has 0 unspecified atom stereocenters. The number of carbonyl (C=O) groups excluding carboxylic acids is 1. The summed E-state index contributed by atoms with van der Waals surface area (Å²) in [5, 5.41) is 0. The van der Waals surface area contributed by atoms with Crippen LogP contribution < -0.4 is 4.90 Å². The molecule has 0 fully saturated rings. The van der Waals surface area contributed by atoms with Crippen molar-refractivity contribution in [1.82, 2.24) is 0 Å². The maximum absolute atomic E-state index is 11.6. The number of hydrogen-bond donors (Lipinski definition) is 0. The second kappa shape index (κ2) is 6.51. The van der Waals surface area contributed by atoms with Gasteiger partial charge in [-0.15, -0.1) is 6.42 Å². The molecule has 0 atom stereocenters. The number of nitrogens with zero attached hydrogens (tertiary/aromatic N) is 1. The zero-order valence-corrected chi connectivity index (χ0v) is 10.0. The van der Waals surface area contributed by atoms with E-state index < -0.39 is 0 Å². The van der Waals surface area contributed by atoms with Gasteiger partial charge in [-0.1, -0.05) is 18.1 Å². The monoisotopic (exact) mass is 229 g/mol. The second-order valence-electron chi connectivity index (χ2n) is 3.39. The largest absolute Gasteiger partial charge is 0.381 e. The van der Waals surface area contributed by atoms with Crippen LogP contribution in [-0.4, -0.2) is 19.6 Å². The highest BCUT2D eigenvalue weighted by molar-refractivity contribution is 5.94. The molecule has 1 aromatic rings. The molecule has 0 aromatic heterocycles. The van der Waals surface area contributed by atoms with E-state index in [1.807, 2.05) is 18.2 Å². The molecular formula is C14H15NO2. The third-order valence-electron chi connectivity index (χ3n) is 2.18. The maximum atomic E-state index is 11.6. The Kier molecular flexibility index (Phi) is 4.99. The molecule has 0 N–H and O–H groups in total. The highest BCUT2D eigenvalue weighted by Crippen LogP contribution is 2.20. The summed E-state index contributed by atoms with van der Waals surface area (Å²) in [4.78, 5) is 13.1. The number of benzene rings is 1. The summed E-state index contributed by atoms with van der Waals surface area (Å²) in [6.07, 6.45) is 8.83. The van der Waals surface area contributed by atoms with Gasteiger partial charge in [0.1, 0.15) is 0 Å². The van der Waals surface area contributed by atoms with Crippen molar-refractivity contribution in [2.24, 2.45) is 0 Å². The minimum absolute atomic E-state index is 0.0972. The smallest absolute Gasteiger partial charge is 0.227 e. The van der Waals surface area contributed by atoms with E-state index in [1.54, 1.807) is 25.5 Å². The minimum atomic E-state index is -0.0972. The van der Waals surface area contributed by atoms with E-state index in [-0.39, 0.29) is 5.91 Å².